The Morgan fingerprint density at radius 3 is 2.49 bits per heavy atom. The van der Waals surface area contributed by atoms with Crippen molar-refractivity contribution >= 4 is 38.1 Å². The maximum Gasteiger partial charge on any atom is 0.256 e. The third-order valence-electron chi connectivity index (χ3n) is 7.04. The summed E-state index contributed by atoms with van der Waals surface area (Å²) in [4.78, 5) is 9.04. The summed E-state index contributed by atoms with van der Waals surface area (Å²) in [6.45, 7) is 4.12. The van der Waals surface area contributed by atoms with E-state index in [2.05, 4.69) is 16.0 Å². The van der Waals surface area contributed by atoms with Crippen LogP contribution in [0.15, 0.2) is 84.1 Å². The summed E-state index contributed by atoms with van der Waals surface area (Å²) in [5.74, 6) is -0.465. The maximum absolute atomic E-state index is 14.2. The molecule has 1 aliphatic heterocycles. The number of benzene rings is 3. The standard InChI is InChI=1S/C29H29N5O4S2.ClH/c1-21-8-9-22(2)25(12-21)19-39(35,36)34(40(37,38)28-6-4-3-5-7-28)27-14-24-13-23(15-30)10-11-29(24)33(18-27)17-26-16-31-20-32-26;/h3-13,16,20,27H,14,17-19H2,1-2H3,(H,31,32);1H. The van der Waals surface area contributed by atoms with Gasteiger partial charge in [0.05, 0.1) is 46.9 Å². The van der Waals surface area contributed by atoms with Crippen LogP contribution in [0.4, 0.5) is 5.69 Å². The van der Waals surface area contributed by atoms with Gasteiger partial charge in [-0.05, 0) is 67.3 Å². The van der Waals surface area contributed by atoms with Crippen molar-refractivity contribution in [2.24, 2.45) is 0 Å². The monoisotopic (exact) mass is 611 g/mol. The van der Waals surface area contributed by atoms with Gasteiger partial charge in [0.2, 0.25) is 10.0 Å². The van der Waals surface area contributed by atoms with Crippen molar-refractivity contribution in [2.75, 3.05) is 11.4 Å². The predicted octanol–water partition coefficient (Wildman–Crippen LogP) is 4.47. The molecule has 3 aromatic carbocycles. The molecule has 41 heavy (non-hydrogen) atoms. The largest absolute Gasteiger partial charge is 0.364 e. The van der Waals surface area contributed by atoms with Crippen LogP contribution >= 0.6 is 12.4 Å². The summed E-state index contributed by atoms with van der Waals surface area (Å²) in [5, 5.41) is 9.53. The molecule has 1 N–H and O–H groups in total. The molecule has 0 fully saturated rings. The maximum atomic E-state index is 14.2. The highest BCUT2D eigenvalue weighted by Crippen LogP contribution is 2.35. The second kappa shape index (κ2) is 12.0. The van der Waals surface area contributed by atoms with Gasteiger partial charge in [-0.15, -0.1) is 12.4 Å². The Morgan fingerprint density at radius 2 is 1.80 bits per heavy atom. The van der Waals surface area contributed by atoms with Crippen molar-refractivity contribution in [2.45, 2.75) is 43.5 Å². The fourth-order valence-electron chi connectivity index (χ4n) is 5.15. The molecule has 1 aromatic heterocycles. The minimum absolute atomic E-state index is 0. The lowest BCUT2D eigenvalue weighted by molar-refractivity contribution is 0.404. The average molecular weight is 612 g/mol. The number of nitriles is 1. The number of hydrogen-bond acceptors (Lipinski definition) is 7. The number of anilines is 1. The molecule has 1 unspecified atom stereocenters. The minimum Gasteiger partial charge on any atom is -0.364 e. The van der Waals surface area contributed by atoms with E-state index in [4.69, 9.17) is 0 Å². The lowest BCUT2D eigenvalue weighted by Crippen LogP contribution is -2.53. The summed E-state index contributed by atoms with van der Waals surface area (Å²) in [5.41, 5.74) is 4.82. The average Bonchev–Trinajstić information content (AvgIpc) is 3.43. The number of hydrogen-bond donors (Lipinski definition) is 1. The Bertz CT molecular complexity index is 1790. The second-order valence-electron chi connectivity index (χ2n) is 9.98. The number of aromatic amines is 1. The number of aromatic nitrogens is 2. The first-order valence-electron chi connectivity index (χ1n) is 12.7. The molecule has 1 atom stereocenters. The van der Waals surface area contributed by atoms with Crippen molar-refractivity contribution < 1.29 is 16.8 Å². The van der Waals surface area contributed by atoms with Gasteiger partial charge < -0.3 is 9.88 Å². The van der Waals surface area contributed by atoms with Crippen LogP contribution in [0.25, 0.3) is 0 Å². The van der Waals surface area contributed by atoms with E-state index in [0.29, 0.717) is 32.6 Å². The SMILES string of the molecule is Cc1ccc(C)c(CS(=O)(=O)N(C2Cc3cc(C#N)ccc3N(Cc3c[nH]cn3)C2)S(=O)(=O)c2ccccc2)c1.Cl. The van der Waals surface area contributed by atoms with E-state index in [1.54, 1.807) is 48.9 Å². The summed E-state index contributed by atoms with van der Waals surface area (Å²) < 4.78 is 57.4. The zero-order chi connectivity index (χ0) is 28.5. The number of fused-ring (bicyclic) bond motifs is 1. The molecule has 0 radical (unpaired) electrons. The molecule has 214 valence electrons. The van der Waals surface area contributed by atoms with Crippen LogP contribution in [-0.2, 0) is 38.8 Å². The Kier molecular flexibility index (Phi) is 8.89. The van der Waals surface area contributed by atoms with E-state index < -0.39 is 31.8 Å². The molecule has 0 spiro atoms. The summed E-state index contributed by atoms with van der Waals surface area (Å²) >= 11 is 0. The Balaban J connectivity index is 0.00000387. The van der Waals surface area contributed by atoms with Crippen molar-refractivity contribution in [3.05, 3.63) is 113 Å². The zero-order valence-corrected chi connectivity index (χ0v) is 25.0. The van der Waals surface area contributed by atoms with E-state index in [1.165, 1.54) is 12.1 Å². The van der Waals surface area contributed by atoms with Crippen LogP contribution < -0.4 is 4.90 Å². The molecule has 9 nitrogen and oxygen atoms in total. The first kappa shape index (κ1) is 30.3. The number of H-pyrrole nitrogens is 1. The molecule has 0 saturated heterocycles. The quantitative estimate of drug-likeness (QED) is 0.311. The number of nitrogens with zero attached hydrogens (tertiary/aromatic N) is 4. The molecule has 0 saturated carbocycles. The van der Waals surface area contributed by atoms with Crippen molar-refractivity contribution in [3.8, 4) is 6.07 Å². The van der Waals surface area contributed by atoms with Gasteiger partial charge in [0.25, 0.3) is 10.0 Å². The van der Waals surface area contributed by atoms with Gasteiger partial charge in [-0.3, -0.25) is 0 Å². The van der Waals surface area contributed by atoms with Crippen molar-refractivity contribution in [1.82, 2.24) is 13.7 Å². The topological polar surface area (TPSA) is 127 Å². The number of aryl methyl sites for hydroxylation is 2. The number of halogens is 1. The van der Waals surface area contributed by atoms with Crippen LogP contribution in [0.2, 0.25) is 0 Å². The Hall–Kier alpha value is -3.69. The molecule has 0 amide bonds. The Morgan fingerprint density at radius 1 is 1.05 bits per heavy atom. The molecule has 0 aliphatic carbocycles. The smallest absolute Gasteiger partial charge is 0.256 e. The zero-order valence-electron chi connectivity index (χ0n) is 22.6. The van der Waals surface area contributed by atoms with Crippen LogP contribution in [0.1, 0.15) is 33.5 Å². The van der Waals surface area contributed by atoms with Gasteiger partial charge in [0.1, 0.15) is 0 Å². The van der Waals surface area contributed by atoms with Crippen LogP contribution in [0.3, 0.4) is 0 Å². The minimum atomic E-state index is -4.47. The predicted molar refractivity (Wildman–Crippen MR) is 160 cm³/mol. The van der Waals surface area contributed by atoms with E-state index >= 15 is 0 Å². The molecular formula is C29H30ClN5O4S2. The van der Waals surface area contributed by atoms with Gasteiger partial charge in [-0.1, -0.05) is 45.7 Å². The van der Waals surface area contributed by atoms with Gasteiger partial charge in [-0.2, -0.15) is 5.26 Å². The highest BCUT2D eigenvalue weighted by atomic mass is 35.5. The van der Waals surface area contributed by atoms with Crippen molar-refractivity contribution in [3.63, 3.8) is 0 Å². The Labute approximate surface area is 247 Å². The van der Waals surface area contributed by atoms with Gasteiger partial charge in [0.15, 0.2) is 0 Å². The third-order valence-corrected chi connectivity index (χ3v) is 11.5. The molecule has 12 heteroatoms. The lowest BCUT2D eigenvalue weighted by Gasteiger charge is -2.40. The third kappa shape index (κ3) is 6.31. The summed E-state index contributed by atoms with van der Waals surface area (Å²) in [6, 6.07) is 19.5. The number of sulfonamides is 2. The van der Waals surface area contributed by atoms with Crippen molar-refractivity contribution in [1.29, 1.82) is 5.26 Å². The summed E-state index contributed by atoms with van der Waals surface area (Å²) in [6.07, 6.45) is 3.42. The first-order valence-corrected chi connectivity index (χ1v) is 15.8. The molecular weight excluding hydrogens is 582 g/mol. The van der Waals surface area contributed by atoms with Gasteiger partial charge >= 0.3 is 0 Å². The number of imidazole rings is 1. The molecule has 4 aromatic rings. The van der Waals surface area contributed by atoms with Crippen LogP contribution in [-0.4, -0.2) is 43.1 Å². The van der Waals surface area contributed by atoms with E-state index in [0.717, 1.165) is 16.8 Å². The highest BCUT2D eigenvalue weighted by Gasteiger charge is 2.44. The second-order valence-corrected chi connectivity index (χ2v) is 13.9. The summed E-state index contributed by atoms with van der Waals surface area (Å²) in [7, 11) is -8.87. The number of nitrogens with one attached hydrogen (secondary N) is 1. The van der Waals surface area contributed by atoms with Crippen LogP contribution in [0, 0.1) is 25.2 Å². The fourth-order valence-corrected chi connectivity index (χ4v) is 9.43. The lowest BCUT2D eigenvalue weighted by atomic mass is 9.96. The van der Waals surface area contributed by atoms with Gasteiger partial charge in [0, 0.05) is 18.4 Å². The molecule has 1 aliphatic rings. The van der Waals surface area contributed by atoms with E-state index in [1.807, 2.05) is 36.9 Å². The van der Waals surface area contributed by atoms with Crippen LogP contribution in [0.5, 0.6) is 0 Å². The molecule has 5 rings (SSSR count). The molecule has 2 heterocycles. The highest BCUT2D eigenvalue weighted by molar-refractivity contribution is 8.03. The fraction of sp³-hybridized carbons (Fsp3) is 0.241. The molecule has 0 bridgehead atoms. The number of rotatable bonds is 8. The van der Waals surface area contributed by atoms with E-state index in [-0.39, 0.29) is 30.3 Å². The van der Waals surface area contributed by atoms with Gasteiger partial charge in [-0.25, -0.2) is 21.8 Å². The van der Waals surface area contributed by atoms with E-state index in [9.17, 15) is 22.1 Å². The normalized spacial score (nSPS) is 15.2. The first-order chi connectivity index (χ1) is 19.1.